The van der Waals surface area contributed by atoms with Gasteiger partial charge in [0.1, 0.15) is 6.07 Å². The van der Waals surface area contributed by atoms with Gasteiger partial charge in [0.25, 0.3) is 0 Å². The van der Waals surface area contributed by atoms with Crippen molar-refractivity contribution in [1.82, 2.24) is 9.55 Å². The number of imidazole rings is 1. The van der Waals surface area contributed by atoms with E-state index in [9.17, 15) is 0 Å². The van der Waals surface area contributed by atoms with Gasteiger partial charge in [-0.25, -0.2) is 4.98 Å². The Kier molecular flexibility index (Phi) is 1.72. The van der Waals surface area contributed by atoms with E-state index in [2.05, 4.69) is 4.98 Å². The Balaban J connectivity index is 3.12. The number of nitriles is 1. The highest BCUT2D eigenvalue weighted by molar-refractivity contribution is 5.15. The van der Waals surface area contributed by atoms with Crippen molar-refractivity contribution in [1.29, 1.82) is 5.26 Å². The first kappa shape index (κ1) is 6.81. The van der Waals surface area contributed by atoms with Crippen LogP contribution in [0.15, 0.2) is 6.20 Å². The number of rotatable bonds is 1. The summed E-state index contributed by atoms with van der Waals surface area (Å²) in [4.78, 5) is 4.00. The molecule has 3 nitrogen and oxygen atoms in total. The van der Waals surface area contributed by atoms with Gasteiger partial charge in [-0.1, -0.05) is 0 Å². The molecule has 0 unspecified atom stereocenters. The summed E-state index contributed by atoms with van der Waals surface area (Å²) in [6.07, 6.45) is 1.87. The normalized spacial score (nSPS) is 9.30. The van der Waals surface area contributed by atoms with Gasteiger partial charge in [-0.05, 0) is 13.8 Å². The van der Waals surface area contributed by atoms with Crippen LogP contribution in [0.4, 0.5) is 0 Å². The molecule has 0 amide bonds. The molecule has 0 bridgehead atoms. The van der Waals surface area contributed by atoms with Crippen molar-refractivity contribution in [2.45, 2.75) is 20.4 Å². The fraction of sp³-hybridized carbons (Fsp3) is 0.429. The third-order valence-electron chi connectivity index (χ3n) is 1.34. The van der Waals surface area contributed by atoms with E-state index in [0.29, 0.717) is 5.82 Å². The van der Waals surface area contributed by atoms with E-state index < -0.39 is 0 Å². The van der Waals surface area contributed by atoms with Crippen molar-refractivity contribution >= 4 is 0 Å². The van der Waals surface area contributed by atoms with Crippen LogP contribution < -0.4 is 0 Å². The van der Waals surface area contributed by atoms with Gasteiger partial charge in [0.15, 0.2) is 0 Å². The molecule has 1 aromatic heterocycles. The molecule has 0 saturated carbocycles. The lowest BCUT2D eigenvalue weighted by Gasteiger charge is -1.93. The highest BCUT2D eigenvalue weighted by Gasteiger charge is 2.00. The van der Waals surface area contributed by atoms with Crippen LogP contribution in [0.3, 0.4) is 0 Å². The Bertz CT molecular complexity index is 267. The van der Waals surface area contributed by atoms with Crippen molar-refractivity contribution in [2.24, 2.45) is 0 Å². The van der Waals surface area contributed by atoms with E-state index >= 15 is 0 Å². The Morgan fingerprint density at radius 3 is 2.90 bits per heavy atom. The van der Waals surface area contributed by atoms with Crippen LogP contribution in [0.1, 0.15) is 18.4 Å². The molecule has 0 N–H and O–H groups in total. The SMILES string of the molecule is CCn1cc(C)nc1C#N. The second-order valence-electron chi connectivity index (χ2n) is 2.10. The molecule has 0 aromatic carbocycles. The minimum Gasteiger partial charge on any atom is -0.323 e. The fourth-order valence-electron chi connectivity index (χ4n) is 0.877. The van der Waals surface area contributed by atoms with E-state index in [1.807, 2.05) is 30.7 Å². The predicted octanol–water partition coefficient (Wildman–Crippen LogP) is 1.08. The third-order valence-corrected chi connectivity index (χ3v) is 1.34. The molecule has 0 aliphatic heterocycles. The van der Waals surface area contributed by atoms with E-state index in [1.165, 1.54) is 0 Å². The molecule has 0 atom stereocenters. The van der Waals surface area contributed by atoms with E-state index in [-0.39, 0.29) is 0 Å². The molecule has 10 heavy (non-hydrogen) atoms. The molecule has 0 saturated heterocycles. The van der Waals surface area contributed by atoms with Crippen molar-refractivity contribution in [2.75, 3.05) is 0 Å². The lowest BCUT2D eigenvalue weighted by atomic mass is 10.6. The number of nitrogens with zero attached hydrogens (tertiary/aromatic N) is 3. The summed E-state index contributed by atoms with van der Waals surface area (Å²) in [6.45, 7) is 4.68. The van der Waals surface area contributed by atoms with Gasteiger partial charge in [0, 0.05) is 12.7 Å². The molecule has 3 heteroatoms. The van der Waals surface area contributed by atoms with Crippen molar-refractivity contribution in [3.8, 4) is 6.07 Å². The summed E-state index contributed by atoms with van der Waals surface area (Å²) < 4.78 is 1.83. The highest BCUT2D eigenvalue weighted by atomic mass is 15.1. The van der Waals surface area contributed by atoms with Crippen LogP contribution in [-0.4, -0.2) is 9.55 Å². The Morgan fingerprint density at radius 1 is 1.80 bits per heavy atom. The molecule has 0 radical (unpaired) electrons. The lowest BCUT2D eigenvalue weighted by molar-refractivity contribution is 0.748. The van der Waals surface area contributed by atoms with Crippen LogP contribution in [0.2, 0.25) is 0 Å². The monoisotopic (exact) mass is 135 g/mol. The number of hydrogen-bond donors (Lipinski definition) is 0. The predicted molar refractivity (Wildman–Crippen MR) is 37.4 cm³/mol. The summed E-state index contributed by atoms with van der Waals surface area (Å²) >= 11 is 0. The second kappa shape index (κ2) is 2.53. The van der Waals surface area contributed by atoms with Crippen molar-refractivity contribution in [3.63, 3.8) is 0 Å². The summed E-state index contributed by atoms with van der Waals surface area (Å²) in [5.74, 6) is 0.500. The van der Waals surface area contributed by atoms with Gasteiger partial charge in [-0.3, -0.25) is 0 Å². The molecule has 52 valence electrons. The molecule has 0 aliphatic rings. The number of aryl methyl sites for hydroxylation is 2. The molecular formula is C7H9N3. The molecule has 1 heterocycles. The zero-order valence-electron chi connectivity index (χ0n) is 6.13. The van der Waals surface area contributed by atoms with E-state index in [4.69, 9.17) is 5.26 Å². The van der Waals surface area contributed by atoms with E-state index in [0.717, 1.165) is 12.2 Å². The summed E-state index contributed by atoms with van der Waals surface area (Å²) in [7, 11) is 0. The van der Waals surface area contributed by atoms with Gasteiger partial charge in [0.2, 0.25) is 5.82 Å². The first-order valence-electron chi connectivity index (χ1n) is 3.21. The van der Waals surface area contributed by atoms with Crippen LogP contribution in [0, 0.1) is 18.3 Å². The zero-order chi connectivity index (χ0) is 7.56. The van der Waals surface area contributed by atoms with E-state index in [1.54, 1.807) is 0 Å². The minimum atomic E-state index is 0.500. The fourth-order valence-corrected chi connectivity index (χ4v) is 0.877. The second-order valence-corrected chi connectivity index (χ2v) is 2.10. The van der Waals surface area contributed by atoms with Crippen LogP contribution in [-0.2, 0) is 6.54 Å². The number of aromatic nitrogens is 2. The molecular weight excluding hydrogens is 126 g/mol. The molecule has 0 fully saturated rings. The average Bonchev–Trinajstić information content (AvgIpc) is 2.30. The maximum Gasteiger partial charge on any atom is 0.212 e. The van der Waals surface area contributed by atoms with Crippen molar-refractivity contribution in [3.05, 3.63) is 17.7 Å². The van der Waals surface area contributed by atoms with Crippen molar-refractivity contribution < 1.29 is 0 Å². The molecule has 0 spiro atoms. The van der Waals surface area contributed by atoms with Crippen LogP contribution in [0.5, 0.6) is 0 Å². The summed E-state index contributed by atoms with van der Waals surface area (Å²) in [5.41, 5.74) is 0.901. The zero-order valence-corrected chi connectivity index (χ0v) is 6.13. The quantitative estimate of drug-likeness (QED) is 0.578. The molecule has 1 aromatic rings. The number of hydrogen-bond acceptors (Lipinski definition) is 2. The first-order chi connectivity index (χ1) is 4.77. The van der Waals surface area contributed by atoms with Gasteiger partial charge < -0.3 is 4.57 Å². The van der Waals surface area contributed by atoms with Gasteiger partial charge in [-0.2, -0.15) is 5.26 Å². The van der Waals surface area contributed by atoms with Gasteiger partial charge >= 0.3 is 0 Å². The highest BCUT2D eigenvalue weighted by Crippen LogP contribution is 1.99. The average molecular weight is 135 g/mol. The topological polar surface area (TPSA) is 41.6 Å². The maximum atomic E-state index is 8.53. The Hall–Kier alpha value is -1.30. The Labute approximate surface area is 59.9 Å². The molecule has 0 aliphatic carbocycles. The summed E-state index contributed by atoms with van der Waals surface area (Å²) in [6, 6.07) is 2.02. The van der Waals surface area contributed by atoms with Crippen LogP contribution >= 0.6 is 0 Å². The maximum absolute atomic E-state index is 8.53. The lowest BCUT2D eigenvalue weighted by Crippen LogP contribution is -1.95. The minimum absolute atomic E-state index is 0.500. The first-order valence-corrected chi connectivity index (χ1v) is 3.21. The summed E-state index contributed by atoms with van der Waals surface area (Å²) in [5, 5.41) is 8.53. The molecule has 1 rings (SSSR count). The van der Waals surface area contributed by atoms with Gasteiger partial charge in [0.05, 0.1) is 5.69 Å². The standard InChI is InChI=1S/C7H9N3/c1-3-10-5-6(2)9-7(10)4-8/h5H,3H2,1-2H3. The largest absolute Gasteiger partial charge is 0.323 e. The van der Waals surface area contributed by atoms with Crippen LogP contribution in [0.25, 0.3) is 0 Å². The third kappa shape index (κ3) is 1.01. The Morgan fingerprint density at radius 2 is 2.50 bits per heavy atom. The smallest absolute Gasteiger partial charge is 0.212 e. The van der Waals surface area contributed by atoms with Gasteiger partial charge in [-0.15, -0.1) is 0 Å².